The number of carbonyl (C=O) groups excluding carboxylic acids is 2. The number of rotatable bonds is 9. The first-order valence-corrected chi connectivity index (χ1v) is 13.4. The Morgan fingerprint density at radius 3 is 2.56 bits per heavy atom. The van der Waals surface area contributed by atoms with Crippen molar-refractivity contribution < 1.29 is 32.9 Å². The molecule has 4 rings (SSSR count). The quantitative estimate of drug-likeness (QED) is 0.412. The Kier molecular flexibility index (Phi) is 9.31. The van der Waals surface area contributed by atoms with Crippen LogP contribution in [0.25, 0.3) is 10.9 Å². The van der Waals surface area contributed by atoms with Crippen LogP contribution in [0, 0.1) is 0 Å². The number of aromatic nitrogens is 1. The van der Waals surface area contributed by atoms with Gasteiger partial charge < -0.3 is 24.3 Å². The maximum absolute atomic E-state index is 15.2. The van der Waals surface area contributed by atoms with Gasteiger partial charge in [0.15, 0.2) is 17.6 Å². The van der Waals surface area contributed by atoms with Gasteiger partial charge in [-0.25, -0.2) is 9.18 Å². The predicted octanol–water partition coefficient (Wildman–Crippen LogP) is 5.77. The van der Waals surface area contributed by atoms with Crippen molar-refractivity contribution in [2.45, 2.75) is 51.7 Å². The molecule has 41 heavy (non-hydrogen) atoms. The van der Waals surface area contributed by atoms with E-state index in [1.54, 1.807) is 51.2 Å². The minimum Gasteiger partial charge on any atom is -0.493 e. The molecule has 0 saturated heterocycles. The monoisotopic (exact) mass is 565 g/mol. The maximum atomic E-state index is 15.2. The molecule has 10 heteroatoms. The fourth-order valence-electron chi connectivity index (χ4n) is 4.46. The molecule has 0 saturated carbocycles. The van der Waals surface area contributed by atoms with Crippen molar-refractivity contribution in [3.05, 3.63) is 71.9 Å². The number of methoxy groups -OCH3 is 2. The number of nitrogens with one attached hydrogen (secondary N) is 1. The fraction of sp³-hybridized carbons (Fsp3) is 0.387. The molecule has 2 aliphatic carbocycles. The van der Waals surface area contributed by atoms with Crippen molar-refractivity contribution in [3.63, 3.8) is 0 Å². The Bertz CT molecular complexity index is 1420. The van der Waals surface area contributed by atoms with Crippen LogP contribution in [0.1, 0.15) is 40.0 Å². The van der Waals surface area contributed by atoms with Crippen LogP contribution in [0.15, 0.2) is 71.9 Å². The Hall–Kier alpha value is -4.34. The minimum absolute atomic E-state index is 0.185. The van der Waals surface area contributed by atoms with Crippen LogP contribution in [0.2, 0.25) is 0 Å². The SMILES string of the molecule is COc1cc2nccc(OC3CC=C(NC(=O)CN(CC4=CC=CCC4)C(=O)OC(C)(C)C)C=C3F)c2cc1OC. The molecule has 0 spiro atoms. The molecule has 2 aliphatic rings. The summed E-state index contributed by atoms with van der Waals surface area (Å²) in [4.78, 5) is 31.5. The van der Waals surface area contributed by atoms with E-state index in [9.17, 15) is 9.59 Å². The van der Waals surface area contributed by atoms with Gasteiger partial charge in [0.05, 0.1) is 19.7 Å². The van der Waals surface area contributed by atoms with E-state index in [2.05, 4.69) is 10.3 Å². The molecule has 1 aromatic carbocycles. The summed E-state index contributed by atoms with van der Waals surface area (Å²) < 4.78 is 37.4. The first-order valence-electron chi connectivity index (χ1n) is 13.4. The van der Waals surface area contributed by atoms with E-state index >= 15 is 4.39 Å². The molecule has 0 bridgehead atoms. The molecule has 1 heterocycles. The fourth-order valence-corrected chi connectivity index (χ4v) is 4.46. The van der Waals surface area contributed by atoms with Gasteiger partial charge in [0.25, 0.3) is 0 Å². The van der Waals surface area contributed by atoms with E-state index in [1.807, 2.05) is 18.2 Å². The molecule has 0 aliphatic heterocycles. The van der Waals surface area contributed by atoms with Crippen LogP contribution in [-0.2, 0) is 9.53 Å². The molecule has 0 radical (unpaired) electrons. The first kappa shape index (κ1) is 29.6. The average Bonchev–Trinajstić information content (AvgIpc) is 2.93. The summed E-state index contributed by atoms with van der Waals surface area (Å²) in [6, 6.07) is 5.12. The van der Waals surface area contributed by atoms with E-state index in [0.29, 0.717) is 33.8 Å². The zero-order chi connectivity index (χ0) is 29.6. The zero-order valence-electron chi connectivity index (χ0n) is 24.0. The molecule has 9 nitrogen and oxygen atoms in total. The van der Waals surface area contributed by atoms with Crippen molar-refractivity contribution in [1.29, 1.82) is 0 Å². The van der Waals surface area contributed by atoms with E-state index in [0.717, 1.165) is 18.4 Å². The summed E-state index contributed by atoms with van der Waals surface area (Å²) in [5.74, 6) is 0.452. The molecule has 1 N–H and O–H groups in total. The van der Waals surface area contributed by atoms with Crippen molar-refractivity contribution >= 4 is 22.9 Å². The predicted molar refractivity (Wildman–Crippen MR) is 154 cm³/mol. The van der Waals surface area contributed by atoms with Gasteiger partial charge in [-0.2, -0.15) is 0 Å². The summed E-state index contributed by atoms with van der Waals surface area (Å²) in [6.45, 7) is 5.34. The lowest BCUT2D eigenvalue weighted by molar-refractivity contribution is -0.121. The number of amides is 2. The van der Waals surface area contributed by atoms with Crippen LogP contribution >= 0.6 is 0 Å². The number of hydrogen-bond acceptors (Lipinski definition) is 7. The summed E-state index contributed by atoms with van der Waals surface area (Å²) in [5.41, 5.74) is 1.21. The minimum atomic E-state index is -0.890. The van der Waals surface area contributed by atoms with Crippen LogP contribution in [0.4, 0.5) is 9.18 Å². The highest BCUT2D eigenvalue weighted by atomic mass is 19.1. The number of fused-ring (bicyclic) bond motifs is 1. The summed E-state index contributed by atoms with van der Waals surface area (Å²) in [6.07, 6.45) is 10.8. The van der Waals surface area contributed by atoms with Gasteiger partial charge in [0.2, 0.25) is 5.91 Å². The van der Waals surface area contributed by atoms with E-state index < -0.39 is 29.5 Å². The smallest absolute Gasteiger partial charge is 0.411 e. The summed E-state index contributed by atoms with van der Waals surface area (Å²) in [7, 11) is 3.07. The Labute approximate surface area is 239 Å². The largest absolute Gasteiger partial charge is 0.493 e. The van der Waals surface area contributed by atoms with Crippen molar-refractivity contribution in [3.8, 4) is 17.2 Å². The number of ether oxygens (including phenoxy) is 4. The lowest BCUT2D eigenvalue weighted by atomic mass is 10.0. The van der Waals surface area contributed by atoms with Gasteiger partial charge >= 0.3 is 6.09 Å². The topological polar surface area (TPSA) is 99.2 Å². The lowest BCUT2D eigenvalue weighted by Crippen LogP contribution is -2.44. The molecule has 1 atom stereocenters. The third-order valence-corrected chi connectivity index (χ3v) is 6.39. The van der Waals surface area contributed by atoms with Gasteiger partial charge in [-0.1, -0.05) is 29.9 Å². The van der Waals surface area contributed by atoms with Crippen LogP contribution in [-0.4, -0.2) is 60.9 Å². The lowest BCUT2D eigenvalue weighted by Gasteiger charge is -2.28. The normalized spacial score (nSPS) is 16.7. The van der Waals surface area contributed by atoms with Gasteiger partial charge in [-0.3, -0.25) is 14.7 Å². The molecular formula is C31H36FN3O6. The molecule has 218 valence electrons. The zero-order valence-corrected chi connectivity index (χ0v) is 24.0. The first-order chi connectivity index (χ1) is 19.6. The highest BCUT2D eigenvalue weighted by Crippen LogP contribution is 2.36. The molecule has 0 fully saturated rings. The average molecular weight is 566 g/mol. The van der Waals surface area contributed by atoms with Crippen molar-refractivity contribution in [1.82, 2.24) is 15.2 Å². The third-order valence-electron chi connectivity index (χ3n) is 6.39. The highest BCUT2D eigenvalue weighted by molar-refractivity contribution is 5.88. The van der Waals surface area contributed by atoms with Gasteiger partial charge in [-0.15, -0.1) is 0 Å². The van der Waals surface area contributed by atoms with Crippen molar-refractivity contribution in [2.24, 2.45) is 0 Å². The van der Waals surface area contributed by atoms with Gasteiger partial charge in [-0.05, 0) is 51.8 Å². The number of pyridine rings is 1. The summed E-state index contributed by atoms with van der Waals surface area (Å²) >= 11 is 0. The van der Waals surface area contributed by atoms with Crippen molar-refractivity contribution in [2.75, 3.05) is 27.3 Å². The molecule has 1 unspecified atom stereocenters. The van der Waals surface area contributed by atoms with E-state index in [-0.39, 0.29) is 19.5 Å². The molecule has 2 aromatic rings. The summed E-state index contributed by atoms with van der Waals surface area (Å²) in [5, 5.41) is 3.35. The number of nitrogens with zero attached hydrogens (tertiary/aromatic N) is 2. The number of benzene rings is 1. The number of carbonyl (C=O) groups is 2. The van der Waals surface area contributed by atoms with Crippen LogP contribution in [0.3, 0.4) is 0 Å². The van der Waals surface area contributed by atoms with Crippen LogP contribution in [0.5, 0.6) is 17.2 Å². The Balaban J connectivity index is 1.42. The van der Waals surface area contributed by atoms with Crippen LogP contribution < -0.4 is 19.5 Å². The molecule has 1 aromatic heterocycles. The Morgan fingerprint density at radius 2 is 1.90 bits per heavy atom. The van der Waals surface area contributed by atoms with Gasteiger partial charge in [0.1, 0.15) is 23.7 Å². The van der Waals surface area contributed by atoms with Gasteiger partial charge in [0, 0.05) is 36.3 Å². The number of halogens is 1. The Morgan fingerprint density at radius 1 is 1.15 bits per heavy atom. The third kappa shape index (κ3) is 7.87. The number of hydrogen-bond donors (Lipinski definition) is 1. The molecule has 2 amide bonds. The second-order valence-corrected chi connectivity index (χ2v) is 10.7. The maximum Gasteiger partial charge on any atom is 0.411 e. The van der Waals surface area contributed by atoms with E-state index in [1.165, 1.54) is 25.2 Å². The number of allylic oxidation sites excluding steroid dienone is 4. The molecular weight excluding hydrogens is 529 g/mol. The highest BCUT2D eigenvalue weighted by Gasteiger charge is 2.26. The second kappa shape index (κ2) is 12.9. The second-order valence-electron chi connectivity index (χ2n) is 10.7. The standard InChI is InChI=1S/C31H36FN3O6/c1-31(2,3)41-30(37)35(18-20-9-7-6-8-10-20)19-29(36)34-21-11-12-26(23(32)15-21)40-25-13-14-33-24-17-28(39-5)27(38-4)16-22(24)25/h6-7,9,11,13-17,26H,8,10,12,18-19H2,1-5H3,(H,34,36). The van der Waals surface area contributed by atoms with E-state index in [4.69, 9.17) is 18.9 Å².